The molecule has 156 valence electrons. The number of alkyl halides is 2. The van der Waals surface area contributed by atoms with Gasteiger partial charge in [-0.05, 0) is 19.1 Å². The minimum absolute atomic E-state index is 0.182. The van der Waals surface area contributed by atoms with Crippen molar-refractivity contribution in [3.05, 3.63) is 66.2 Å². The zero-order valence-electron chi connectivity index (χ0n) is 16.2. The second kappa shape index (κ2) is 7.95. The normalized spacial score (nSPS) is 11.6. The zero-order chi connectivity index (χ0) is 21.4. The first-order valence-electron chi connectivity index (χ1n) is 9.34. The van der Waals surface area contributed by atoms with E-state index in [1.54, 1.807) is 31.2 Å². The van der Waals surface area contributed by atoms with E-state index in [-0.39, 0.29) is 22.7 Å². The lowest BCUT2D eigenvalue weighted by atomic mass is 10.1. The van der Waals surface area contributed by atoms with Crippen molar-refractivity contribution < 1.29 is 17.7 Å². The van der Waals surface area contributed by atoms with Crippen LogP contribution in [0.3, 0.4) is 0 Å². The predicted molar refractivity (Wildman–Crippen MR) is 111 cm³/mol. The number of para-hydroxylation sites is 2. The Morgan fingerprint density at radius 1 is 1.03 bits per heavy atom. The van der Waals surface area contributed by atoms with Gasteiger partial charge in [-0.25, -0.2) is 4.98 Å². The van der Waals surface area contributed by atoms with Gasteiger partial charge in [0.15, 0.2) is 5.16 Å². The van der Waals surface area contributed by atoms with Crippen molar-refractivity contribution in [1.29, 1.82) is 0 Å². The fourth-order valence-corrected chi connectivity index (χ4v) is 4.12. The molecule has 0 saturated heterocycles. The van der Waals surface area contributed by atoms with Crippen molar-refractivity contribution in [1.82, 2.24) is 24.9 Å². The highest BCUT2D eigenvalue weighted by molar-refractivity contribution is 7.98. The maximum absolute atomic E-state index is 13.6. The highest BCUT2D eigenvalue weighted by atomic mass is 32.2. The number of fused-ring (bicyclic) bond motifs is 1. The van der Waals surface area contributed by atoms with Crippen LogP contribution in [0, 0.1) is 6.92 Å². The molecule has 0 saturated carbocycles. The third-order valence-corrected chi connectivity index (χ3v) is 5.61. The number of rotatable bonds is 6. The molecule has 5 aromatic rings. The van der Waals surface area contributed by atoms with Gasteiger partial charge in [-0.1, -0.05) is 59.4 Å². The molecule has 0 fully saturated rings. The molecule has 10 heteroatoms. The molecule has 0 aliphatic heterocycles. The topological polar surface area (TPSA) is 82.8 Å². The molecule has 0 N–H and O–H groups in total. The first kappa shape index (κ1) is 19.4. The molecule has 31 heavy (non-hydrogen) atoms. The van der Waals surface area contributed by atoms with E-state index in [2.05, 4.69) is 20.3 Å². The fourth-order valence-electron chi connectivity index (χ4n) is 3.27. The summed E-state index contributed by atoms with van der Waals surface area (Å²) in [6.45, 7) is -0.945. The molecule has 0 amide bonds. The number of imidazole rings is 1. The molecule has 0 unspecified atom stereocenters. The molecule has 3 aromatic heterocycles. The monoisotopic (exact) mass is 439 g/mol. The molecular weight excluding hydrogens is 424 g/mol. The number of benzene rings is 2. The summed E-state index contributed by atoms with van der Waals surface area (Å²) in [7, 11) is 0. The minimum Gasteiger partial charge on any atom is -0.420 e. The highest BCUT2D eigenvalue weighted by Gasteiger charge is 2.23. The lowest BCUT2D eigenvalue weighted by Gasteiger charge is -2.05. The smallest absolute Gasteiger partial charge is 0.321 e. The van der Waals surface area contributed by atoms with Crippen LogP contribution >= 0.6 is 11.8 Å². The Balaban J connectivity index is 1.42. The number of hydrogen-bond acceptors (Lipinski definition) is 7. The molecular formula is C21H15F2N5O2S. The summed E-state index contributed by atoms with van der Waals surface area (Å²) in [6.07, 6.45) is 0. The van der Waals surface area contributed by atoms with E-state index in [4.69, 9.17) is 8.94 Å². The van der Waals surface area contributed by atoms with E-state index in [9.17, 15) is 8.78 Å². The summed E-state index contributed by atoms with van der Waals surface area (Å²) in [5, 5.41) is 12.5. The molecule has 5 rings (SSSR count). The average Bonchev–Trinajstić information content (AvgIpc) is 3.48. The van der Waals surface area contributed by atoms with E-state index >= 15 is 0 Å². The minimum atomic E-state index is -2.71. The molecule has 3 heterocycles. The number of hydrogen-bond donors (Lipinski definition) is 0. The van der Waals surface area contributed by atoms with Crippen molar-refractivity contribution in [2.24, 2.45) is 0 Å². The van der Waals surface area contributed by atoms with Crippen LogP contribution in [0.5, 0.6) is 0 Å². The Bertz CT molecular complexity index is 1350. The SMILES string of the molecule is Cc1onc(-c2ccccc2)c1-c1nnc(CSc2nc3ccccc3n2C(F)F)o1. The van der Waals surface area contributed by atoms with Gasteiger partial charge in [0, 0.05) is 5.56 Å². The Kier molecular flexibility index (Phi) is 4.99. The predicted octanol–water partition coefficient (Wildman–Crippen LogP) is 5.74. The van der Waals surface area contributed by atoms with Gasteiger partial charge in [0.05, 0.1) is 16.8 Å². The van der Waals surface area contributed by atoms with Crippen molar-refractivity contribution in [3.8, 4) is 22.7 Å². The summed E-state index contributed by atoms with van der Waals surface area (Å²) in [5.74, 6) is 1.28. The molecule has 7 nitrogen and oxygen atoms in total. The van der Waals surface area contributed by atoms with Gasteiger partial charge in [0.2, 0.25) is 5.89 Å². The van der Waals surface area contributed by atoms with E-state index in [1.165, 1.54) is 0 Å². The van der Waals surface area contributed by atoms with E-state index in [1.807, 2.05) is 30.3 Å². The number of halogens is 2. The standard InChI is InChI=1S/C21H15F2N5O2S/c1-12-17(18(27-30-12)13-7-3-2-4-8-13)19-26-25-16(29-19)11-31-21-24-14-9-5-6-10-15(14)28(21)20(22)23/h2-10,20H,11H2,1H3. The van der Waals surface area contributed by atoms with Gasteiger partial charge in [-0.2, -0.15) is 8.78 Å². The van der Waals surface area contributed by atoms with E-state index < -0.39 is 6.55 Å². The number of aryl methyl sites for hydroxylation is 1. The second-order valence-electron chi connectivity index (χ2n) is 6.65. The molecule has 0 aliphatic rings. The van der Waals surface area contributed by atoms with Crippen LogP contribution in [0.1, 0.15) is 18.2 Å². The largest absolute Gasteiger partial charge is 0.420 e. The lowest BCUT2D eigenvalue weighted by Crippen LogP contribution is -2.00. The summed E-state index contributed by atoms with van der Waals surface area (Å²) in [6, 6.07) is 16.3. The molecule has 0 bridgehead atoms. The lowest BCUT2D eigenvalue weighted by molar-refractivity contribution is 0.0656. The number of thioether (sulfide) groups is 1. The van der Waals surface area contributed by atoms with Crippen molar-refractivity contribution >= 4 is 22.8 Å². The Morgan fingerprint density at radius 2 is 1.81 bits per heavy atom. The van der Waals surface area contributed by atoms with E-state index in [0.717, 1.165) is 21.9 Å². The summed E-state index contributed by atoms with van der Waals surface area (Å²) < 4.78 is 39.2. The Labute approximate surface area is 179 Å². The Morgan fingerprint density at radius 3 is 2.61 bits per heavy atom. The maximum atomic E-state index is 13.6. The molecule has 2 aromatic carbocycles. The number of nitrogens with zero attached hydrogens (tertiary/aromatic N) is 5. The van der Waals surface area contributed by atoms with Crippen LogP contribution in [0.4, 0.5) is 8.78 Å². The van der Waals surface area contributed by atoms with Crippen molar-refractivity contribution in [2.75, 3.05) is 0 Å². The van der Waals surface area contributed by atoms with Crippen molar-refractivity contribution in [2.45, 2.75) is 24.4 Å². The maximum Gasteiger partial charge on any atom is 0.321 e. The van der Waals surface area contributed by atoms with Crippen LogP contribution < -0.4 is 0 Å². The van der Waals surface area contributed by atoms with Gasteiger partial charge in [-0.15, -0.1) is 10.2 Å². The molecule has 0 aliphatic carbocycles. The van der Waals surface area contributed by atoms with Gasteiger partial charge in [0.1, 0.15) is 17.0 Å². The highest BCUT2D eigenvalue weighted by Crippen LogP contribution is 2.35. The fraction of sp³-hybridized carbons (Fsp3) is 0.143. The Hall–Kier alpha value is -3.53. The first-order chi connectivity index (χ1) is 15.1. The average molecular weight is 439 g/mol. The van der Waals surface area contributed by atoms with Gasteiger partial charge < -0.3 is 8.94 Å². The van der Waals surface area contributed by atoms with Crippen molar-refractivity contribution in [3.63, 3.8) is 0 Å². The van der Waals surface area contributed by atoms with Crippen LogP contribution in [0.2, 0.25) is 0 Å². The van der Waals surface area contributed by atoms with Gasteiger partial charge >= 0.3 is 6.55 Å². The summed E-state index contributed by atoms with van der Waals surface area (Å²) >= 11 is 1.11. The van der Waals surface area contributed by atoms with Crippen LogP contribution in [-0.2, 0) is 5.75 Å². The molecule has 0 radical (unpaired) electrons. The zero-order valence-corrected chi connectivity index (χ0v) is 17.0. The van der Waals surface area contributed by atoms with Crippen LogP contribution in [0.15, 0.2) is 68.7 Å². The third-order valence-electron chi connectivity index (χ3n) is 4.67. The third kappa shape index (κ3) is 3.59. The van der Waals surface area contributed by atoms with Crippen LogP contribution in [0.25, 0.3) is 33.7 Å². The number of aromatic nitrogens is 5. The molecule has 0 atom stereocenters. The second-order valence-corrected chi connectivity index (χ2v) is 7.59. The van der Waals surface area contributed by atoms with Crippen LogP contribution in [-0.4, -0.2) is 24.9 Å². The first-order valence-corrected chi connectivity index (χ1v) is 10.3. The summed E-state index contributed by atoms with van der Waals surface area (Å²) in [5.41, 5.74) is 2.94. The van der Waals surface area contributed by atoms with Gasteiger partial charge in [-0.3, -0.25) is 4.57 Å². The summed E-state index contributed by atoms with van der Waals surface area (Å²) in [4.78, 5) is 4.30. The van der Waals surface area contributed by atoms with Gasteiger partial charge in [0.25, 0.3) is 5.89 Å². The molecule has 0 spiro atoms. The van der Waals surface area contributed by atoms with E-state index in [0.29, 0.717) is 28.1 Å². The quantitative estimate of drug-likeness (QED) is 0.312.